The third-order valence-corrected chi connectivity index (χ3v) is 2.83. The van der Waals surface area contributed by atoms with E-state index in [1.807, 2.05) is 0 Å². The minimum atomic E-state index is -0.921. The molecule has 2 aliphatic rings. The van der Waals surface area contributed by atoms with Crippen LogP contribution in [-0.4, -0.2) is 37.9 Å². The van der Waals surface area contributed by atoms with Crippen molar-refractivity contribution in [1.82, 2.24) is 0 Å². The Bertz CT molecular complexity index is 281. The first-order chi connectivity index (χ1) is 6.22. The van der Waals surface area contributed by atoms with Gasteiger partial charge in [0.1, 0.15) is 0 Å². The molecule has 0 amide bonds. The monoisotopic (exact) mass is 203 g/mol. The maximum absolute atomic E-state index is 6.21. The van der Waals surface area contributed by atoms with Crippen LogP contribution in [0.15, 0.2) is 15.2 Å². The molecule has 0 N–H and O–H groups in total. The lowest BCUT2D eigenvalue weighted by atomic mass is 10.0. The summed E-state index contributed by atoms with van der Waals surface area (Å²) in [5.74, 6) is 0.362. The lowest BCUT2D eigenvalue weighted by molar-refractivity contribution is 0.0714. The number of methoxy groups -OCH3 is 2. The van der Waals surface area contributed by atoms with Gasteiger partial charge in [-0.3, -0.25) is 0 Å². The van der Waals surface area contributed by atoms with Gasteiger partial charge in [0.15, 0.2) is 6.23 Å². The number of aliphatic imine (C=N–C) groups is 1. The first-order valence-corrected chi connectivity index (χ1v) is 4.33. The summed E-state index contributed by atoms with van der Waals surface area (Å²) < 4.78 is 10.2. The van der Waals surface area contributed by atoms with Crippen molar-refractivity contribution >= 4 is 17.5 Å². The lowest BCUT2D eigenvalue weighted by Gasteiger charge is -2.19. The summed E-state index contributed by atoms with van der Waals surface area (Å²) in [5.41, 5.74) is 0. The average molecular weight is 204 g/mol. The van der Waals surface area contributed by atoms with E-state index in [4.69, 9.17) is 21.1 Å². The van der Waals surface area contributed by atoms with E-state index in [9.17, 15) is 0 Å². The van der Waals surface area contributed by atoms with Gasteiger partial charge in [0, 0.05) is 7.11 Å². The topological polar surface area (TPSA) is 55.5 Å². The molecule has 6 heteroatoms. The van der Waals surface area contributed by atoms with E-state index in [2.05, 4.69) is 15.2 Å². The van der Waals surface area contributed by atoms with Crippen LogP contribution in [0.3, 0.4) is 0 Å². The molecule has 0 aromatic carbocycles. The van der Waals surface area contributed by atoms with Crippen molar-refractivity contribution in [3.8, 4) is 0 Å². The van der Waals surface area contributed by atoms with E-state index in [0.717, 1.165) is 0 Å². The smallest absolute Gasteiger partial charge is 0.237 e. The Morgan fingerprint density at radius 2 is 2.31 bits per heavy atom. The molecule has 0 aromatic rings. The van der Waals surface area contributed by atoms with Gasteiger partial charge in [0.25, 0.3) is 0 Å². The van der Waals surface area contributed by atoms with Crippen LogP contribution < -0.4 is 0 Å². The Labute approximate surface area is 80.8 Å². The normalized spacial score (nSPS) is 41.9. The van der Waals surface area contributed by atoms with Crippen LogP contribution in [0.2, 0.25) is 0 Å². The summed E-state index contributed by atoms with van der Waals surface area (Å²) >= 11 is 6.21. The van der Waals surface area contributed by atoms with E-state index in [-0.39, 0.29) is 12.1 Å². The molecule has 3 atom stereocenters. The zero-order valence-electron chi connectivity index (χ0n) is 7.40. The molecule has 2 aliphatic heterocycles. The second-order valence-corrected chi connectivity index (χ2v) is 3.54. The van der Waals surface area contributed by atoms with Gasteiger partial charge >= 0.3 is 0 Å². The maximum atomic E-state index is 6.21. The number of fused-ring (bicyclic) bond motifs is 1. The molecule has 72 valence electrons. The van der Waals surface area contributed by atoms with Gasteiger partial charge in [-0.15, -0.1) is 0 Å². The van der Waals surface area contributed by atoms with Crippen molar-refractivity contribution in [3.63, 3.8) is 0 Å². The fraction of sp³-hybridized carbons (Fsp3) is 0.857. The second-order valence-electron chi connectivity index (χ2n) is 2.97. The summed E-state index contributed by atoms with van der Waals surface area (Å²) in [4.78, 5) is 3.25. The van der Waals surface area contributed by atoms with Crippen molar-refractivity contribution in [1.29, 1.82) is 0 Å². The average Bonchev–Trinajstić information content (AvgIpc) is 2.60. The van der Waals surface area contributed by atoms with E-state index >= 15 is 0 Å². The molecule has 0 unspecified atom stereocenters. The molecule has 0 saturated carbocycles. The molecule has 0 saturated heterocycles. The molecule has 5 nitrogen and oxygen atoms in total. The van der Waals surface area contributed by atoms with Crippen molar-refractivity contribution in [2.45, 2.75) is 11.2 Å². The SMILES string of the molecule is COC1=N[C@@H](OC)[C@@H]2CN=N[C@]12Cl. The van der Waals surface area contributed by atoms with Gasteiger partial charge in [-0.05, 0) is 0 Å². The molecule has 0 spiro atoms. The molecular weight excluding hydrogens is 194 g/mol. The number of azo groups is 1. The first kappa shape index (κ1) is 8.90. The van der Waals surface area contributed by atoms with E-state index < -0.39 is 5.00 Å². The molecule has 0 aliphatic carbocycles. The molecule has 0 fully saturated rings. The Morgan fingerprint density at radius 1 is 1.54 bits per heavy atom. The number of halogens is 1. The van der Waals surface area contributed by atoms with E-state index in [1.165, 1.54) is 7.11 Å². The molecule has 0 radical (unpaired) electrons. The summed E-state index contributed by atoms with van der Waals surface area (Å²) in [6, 6.07) is 0. The highest BCUT2D eigenvalue weighted by Gasteiger charge is 2.56. The van der Waals surface area contributed by atoms with Gasteiger partial charge < -0.3 is 9.47 Å². The highest BCUT2D eigenvalue weighted by molar-refractivity contribution is 6.35. The molecular formula is C7H10ClN3O2. The largest absolute Gasteiger partial charge is 0.482 e. The Hall–Kier alpha value is -0.680. The zero-order valence-corrected chi connectivity index (χ0v) is 8.15. The quantitative estimate of drug-likeness (QED) is 0.472. The summed E-state index contributed by atoms with van der Waals surface area (Å²) in [6.07, 6.45) is -0.289. The van der Waals surface area contributed by atoms with Crippen LogP contribution in [0, 0.1) is 5.92 Å². The highest BCUT2D eigenvalue weighted by Crippen LogP contribution is 2.43. The minimum Gasteiger partial charge on any atom is -0.482 e. The molecule has 2 rings (SSSR count). The number of ether oxygens (including phenoxy) is 2. The number of alkyl halides is 1. The number of rotatable bonds is 1. The van der Waals surface area contributed by atoms with E-state index in [0.29, 0.717) is 12.4 Å². The molecule has 2 heterocycles. The lowest BCUT2D eigenvalue weighted by Crippen LogP contribution is -2.36. The van der Waals surface area contributed by atoms with Crippen LogP contribution in [-0.2, 0) is 9.47 Å². The highest BCUT2D eigenvalue weighted by atomic mass is 35.5. The van der Waals surface area contributed by atoms with Crippen LogP contribution in [0.5, 0.6) is 0 Å². The summed E-state index contributed by atoms with van der Waals surface area (Å²) in [5, 5.41) is 7.82. The van der Waals surface area contributed by atoms with E-state index in [1.54, 1.807) is 7.11 Å². The molecule has 0 bridgehead atoms. The Morgan fingerprint density at radius 3 is 2.92 bits per heavy atom. The number of nitrogens with zero attached hydrogens (tertiary/aromatic N) is 3. The van der Waals surface area contributed by atoms with Crippen LogP contribution in [0.25, 0.3) is 0 Å². The van der Waals surface area contributed by atoms with Crippen LogP contribution in [0.4, 0.5) is 0 Å². The van der Waals surface area contributed by atoms with Crippen LogP contribution >= 0.6 is 11.6 Å². The maximum Gasteiger partial charge on any atom is 0.237 e. The number of hydrogen-bond donors (Lipinski definition) is 0. The first-order valence-electron chi connectivity index (χ1n) is 3.95. The predicted molar refractivity (Wildman–Crippen MR) is 47.0 cm³/mol. The summed E-state index contributed by atoms with van der Waals surface area (Å²) in [7, 11) is 3.11. The Kier molecular flexibility index (Phi) is 2.00. The van der Waals surface area contributed by atoms with Gasteiger partial charge in [-0.2, -0.15) is 10.2 Å². The minimum absolute atomic E-state index is 0.0332. The third-order valence-electron chi connectivity index (χ3n) is 2.31. The second kappa shape index (κ2) is 2.92. The molecule has 13 heavy (non-hydrogen) atoms. The van der Waals surface area contributed by atoms with Gasteiger partial charge in [0.05, 0.1) is 19.6 Å². The van der Waals surface area contributed by atoms with Gasteiger partial charge in [-0.1, -0.05) is 11.6 Å². The fourth-order valence-corrected chi connectivity index (χ4v) is 1.97. The Balaban J connectivity index is 2.32. The van der Waals surface area contributed by atoms with Crippen molar-refractivity contribution < 1.29 is 9.47 Å². The molecule has 0 aromatic heterocycles. The predicted octanol–water partition coefficient (Wildman–Crippen LogP) is 1.03. The van der Waals surface area contributed by atoms with Crippen molar-refractivity contribution in [2.75, 3.05) is 20.8 Å². The van der Waals surface area contributed by atoms with Gasteiger partial charge in [-0.25, -0.2) is 4.99 Å². The zero-order chi connectivity index (χ0) is 9.47. The van der Waals surface area contributed by atoms with Crippen molar-refractivity contribution in [2.24, 2.45) is 21.1 Å². The standard InChI is InChI=1S/C7H10ClN3O2/c1-12-5-4-3-9-11-7(4,8)6(10-5)13-2/h4-5H,3H2,1-2H3/t4-,5-,7-/m0/s1. The number of hydrogen-bond acceptors (Lipinski definition) is 5. The van der Waals surface area contributed by atoms with Gasteiger partial charge in [0.2, 0.25) is 10.9 Å². The summed E-state index contributed by atoms with van der Waals surface area (Å²) in [6.45, 7) is 0.540. The van der Waals surface area contributed by atoms with Crippen molar-refractivity contribution in [3.05, 3.63) is 0 Å². The third kappa shape index (κ3) is 1.07. The fourth-order valence-electron chi connectivity index (χ4n) is 1.62. The van der Waals surface area contributed by atoms with Crippen LogP contribution in [0.1, 0.15) is 0 Å².